The van der Waals surface area contributed by atoms with Gasteiger partial charge in [0, 0.05) is 69.5 Å². The molecule has 1 aromatic carbocycles. The largest absolute Gasteiger partial charge is 0.444 e. The second-order valence-corrected chi connectivity index (χ2v) is 13.2. The minimum Gasteiger partial charge on any atom is -0.444 e. The molecular formula is C34H43F3N4O3. The number of carbonyl (C=O) groups excluding carboxylic acids is 2. The smallest absolute Gasteiger partial charge is 0.416 e. The van der Waals surface area contributed by atoms with Crippen LogP contribution in [-0.2, 0) is 22.3 Å². The number of piperidine rings is 1. The summed E-state index contributed by atoms with van der Waals surface area (Å²) in [4.78, 5) is 34.1. The van der Waals surface area contributed by atoms with E-state index in [-0.39, 0.29) is 12.0 Å². The number of fused-ring (bicyclic) bond motifs is 1. The lowest BCUT2D eigenvalue weighted by Gasteiger charge is -2.36. The molecule has 4 aliphatic heterocycles. The molecule has 44 heavy (non-hydrogen) atoms. The van der Waals surface area contributed by atoms with Crippen LogP contribution < -0.4 is 0 Å². The minimum atomic E-state index is -4.34. The molecule has 2 amide bonds. The first-order valence-corrected chi connectivity index (χ1v) is 15.5. The molecule has 0 atom stereocenters. The van der Waals surface area contributed by atoms with Crippen LogP contribution in [0.1, 0.15) is 64.5 Å². The van der Waals surface area contributed by atoms with Crippen LogP contribution in [-0.4, -0.2) is 76.5 Å². The van der Waals surface area contributed by atoms with Crippen molar-refractivity contribution in [3.63, 3.8) is 0 Å². The number of rotatable bonds is 4. The van der Waals surface area contributed by atoms with Gasteiger partial charge in [0.25, 0.3) is 5.91 Å². The third kappa shape index (κ3) is 7.75. The highest BCUT2D eigenvalue weighted by Gasteiger charge is 2.32. The Morgan fingerprint density at radius 3 is 2.14 bits per heavy atom. The van der Waals surface area contributed by atoms with Crippen molar-refractivity contribution in [1.29, 1.82) is 0 Å². The Morgan fingerprint density at radius 1 is 0.864 bits per heavy atom. The second-order valence-electron chi connectivity index (χ2n) is 13.2. The van der Waals surface area contributed by atoms with Gasteiger partial charge >= 0.3 is 12.3 Å². The number of carbonyl (C=O) groups is 2. The first kappa shape index (κ1) is 31.9. The molecule has 10 heteroatoms. The molecule has 0 aromatic heterocycles. The van der Waals surface area contributed by atoms with Gasteiger partial charge in [-0.3, -0.25) is 9.69 Å². The first-order chi connectivity index (χ1) is 20.8. The number of benzene rings is 1. The monoisotopic (exact) mass is 612 g/mol. The molecule has 0 N–H and O–H groups in total. The van der Waals surface area contributed by atoms with Crippen molar-refractivity contribution in [1.82, 2.24) is 19.6 Å². The van der Waals surface area contributed by atoms with E-state index in [4.69, 9.17) is 4.74 Å². The number of ether oxygens (including phenoxy) is 1. The van der Waals surface area contributed by atoms with Crippen LogP contribution in [0.15, 0.2) is 71.2 Å². The van der Waals surface area contributed by atoms with E-state index in [1.807, 2.05) is 31.9 Å². The number of nitrogens with zero attached hydrogens (tertiary/aromatic N) is 4. The maximum Gasteiger partial charge on any atom is 0.416 e. The second kappa shape index (κ2) is 12.8. The Hall–Kier alpha value is -3.53. The normalized spacial score (nSPS) is 20.7. The van der Waals surface area contributed by atoms with E-state index in [2.05, 4.69) is 35.1 Å². The van der Waals surface area contributed by atoms with Crippen LogP contribution >= 0.6 is 0 Å². The summed E-state index contributed by atoms with van der Waals surface area (Å²) in [5.74, 6) is 0.365. The Bertz CT molecular complexity index is 1360. The van der Waals surface area contributed by atoms with Gasteiger partial charge in [-0.1, -0.05) is 18.2 Å². The molecule has 0 aliphatic carbocycles. The zero-order valence-corrected chi connectivity index (χ0v) is 26.1. The molecule has 0 spiro atoms. The fourth-order valence-corrected chi connectivity index (χ4v) is 6.18. The van der Waals surface area contributed by atoms with Crippen molar-refractivity contribution < 1.29 is 27.5 Å². The highest BCUT2D eigenvalue weighted by Crippen LogP contribution is 2.34. The Labute approximate surface area is 258 Å². The number of allylic oxidation sites excluding steroid dienone is 4. The molecule has 0 unspecified atom stereocenters. The van der Waals surface area contributed by atoms with Crippen molar-refractivity contribution in [2.75, 3.05) is 39.3 Å². The highest BCUT2D eigenvalue weighted by atomic mass is 19.4. The topological polar surface area (TPSA) is 56.3 Å². The van der Waals surface area contributed by atoms with Crippen LogP contribution in [0.3, 0.4) is 0 Å². The molecule has 0 bridgehead atoms. The predicted molar refractivity (Wildman–Crippen MR) is 163 cm³/mol. The molecule has 4 aliphatic rings. The Morgan fingerprint density at radius 2 is 1.52 bits per heavy atom. The molecule has 1 aromatic rings. The molecule has 238 valence electrons. The summed E-state index contributed by atoms with van der Waals surface area (Å²) in [6.07, 6.45) is 7.05. The van der Waals surface area contributed by atoms with Crippen LogP contribution in [0.25, 0.3) is 0 Å². The number of amides is 2. The number of hydrogen-bond acceptors (Lipinski definition) is 5. The molecule has 0 radical (unpaired) electrons. The fraction of sp³-hybridized carbons (Fsp3) is 0.529. The standard InChI is InChI=1S/C34H43F3N4O3/c1-24-5-8-28(31(42)39-19-17-38(18-20-39)21-25-6-10-29(11-7-25)34(35,36)37)23-41-22-27(9-12-30(24)41)26-13-15-40(16-14-26)32(43)44-33(2,3)4/h6-7,9-12,22-23,26H,5,8,13-21H2,1-4H3. The predicted octanol–water partition coefficient (Wildman–Crippen LogP) is 6.70. The molecule has 4 heterocycles. The zero-order chi connectivity index (χ0) is 31.6. The third-order valence-electron chi connectivity index (χ3n) is 8.74. The third-order valence-corrected chi connectivity index (χ3v) is 8.74. The van der Waals surface area contributed by atoms with Gasteiger partial charge in [-0.25, -0.2) is 4.79 Å². The van der Waals surface area contributed by atoms with Crippen LogP contribution in [0.4, 0.5) is 18.0 Å². The van der Waals surface area contributed by atoms with Crippen molar-refractivity contribution in [2.45, 2.75) is 71.7 Å². The molecule has 2 saturated heterocycles. The number of alkyl halides is 3. The maximum atomic E-state index is 13.7. The lowest BCUT2D eigenvalue weighted by atomic mass is 9.88. The number of hydrogen-bond donors (Lipinski definition) is 0. The summed E-state index contributed by atoms with van der Waals surface area (Å²) in [5, 5.41) is 0. The summed E-state index contributed by atoms with van der Waals surface area (Å²) < 4.78 is 44.2. The summed E-state index contributed by atoms with van der Waals surface area (Å²) in [7, 11) is 0. The number of halogens is 3. The molecule has 2 fully saturated rings. The fourth-order valence-electron chi connectivity index (χ4n) is 6.18. The van der Waals surface area contributed by atoms with Gasteiger partial charge in [0.15, 0.2) is 0 Å². The SMILES string of the molecule is CC1=C2C=CC(C3CCN(C(=O)OC(C)(C)C)CC3)=CN2C=C(C(=O)N2CCN(Cc3ccc(C(F)(F)F)cc3)CC2)CC1. The average Bonchev–Trinajstić information content (AvgIpc) is 3.14. The Kier molecular flexibility index (Phi) is 9.30. The summed E-state index contributed by atoms with van der Waals surface area (Å²) in [6, 6.07) is 5.31. The lowest BCUT2D eigenvalue weighted by molar-refractivity contribution is -0.137. The van der Waals surface area contributed by atoms with Crippen LogP contribution in [0.2, 0.25) is 0 Å². The van der Waals surface area contributed by atoms with Crippen molar-refractivity contribution >= 4 is 12.0 Å². The van der Waals surface area contributed by atoms with Gasteiger partial charge in [-0.05, 0) is 94.2 Å². The van der Waals surface area contributed by atoms with Gasteiger partial charge in [-0.15, -0.1) is 0 Å². The average molecular weight is 613 g/mol. The van der Waals surface area contributed by atoms with Gasteiger partial charge in [0.2, 0.25) is 0 Å². The van der Waals surface area contributed by atoms with E-state index in [0.29, 0.717) is 58.2 Å². The van der Waals surface area contributed by atoms with E-state index >= 15 is 0 Å². The van der Waals surface area contributed by atoms with E-state index in [9.17, 15) is 22.8 Å². The summed E-state index contributed by atoms with van der Waals surface area (Å²) >= 11 is 0. The van der Waals surface area contributed by atoms with Gasteiger partial charge in [0.05, 0.1) is 5.56 Å². The summed E-state index contributed by atoms with van der Waals surface area (Å²) in [6.45, 7) is 12.1. The summed E-state index contributed by atoms with van der Waals surface area (Å²) in [5.41, 5.74) is 3.99. The van der Waals surface area contributed by atoms with E-state index in [1.165, 1.54) is 23.3 Å². The number of piperazine rings is 1. The molecule has 5 rings (SSSR count). The van der Waals surface area contributed by atoms with Gasteiger partial charge in [0.1, 0.15) is 5.60 Å². The lowest BCUT2D eigenvalue weighted by Crippen LogP contribution is -2.48. The van der Waals surface area contributed by atoms with Gasteiger partial charge < -0.3 is 19.4 Å². The minimum absolute atomic E-state index is 0.0448. The zero-order valence-electron chi connectivity index (χ0n) is 26.1. The van der Waals surface area contributed by atoms with E-state index in [0.717, 1.165) is 48.2 Å². The van der Waals surface area contributed by atoms with Crippen molar-refractivity contribution in [3.8, 4) is 0 Å². The van der Waals surface area contributed by atoms with Crippen LogP contribution in [0, 0.1) is 5.92 Å². The quantitative estimate of drug-likeness (QED) is 0.379. The maximum absolute atomic E-state index is 13.7. The number of likely N-dealkylation sites (tertiary alicyclic amines) is 1. The van der Waals surface area contributed by atoms with Crippen molar-refractivity contribution in [3.05, 3.63) is 82.4 Å². The van der Waals surface area contributed by atoms with Crippen LogP contribution in [0.5, 0.6) is 0 Å². The Balaban J connectivity index is 1.18. The van der Waals surface area contributed by atoms with E-state index in [1.54, 1.807) is 4.90 Å². The van der Waals surface area contributed by atoms with Gasteiger partial charge in [-0.2, -0.15) is 13.2 Å². The molecule has 0 saturated carbocycles. The highest BCUT2D eigenvalue weighted by molar-refractivity contribution is 5.93. The van der Waals surface area contributed by atoms with Crippen molar-refractivity contribution in [2.24, 2.45) is 5.92 Å². The molecule has 7 nitrogen and oxygen atoms in total. The molecular weight excluding hydrogens is 569 g/mol. The van der Waals surface area contributed by atoms with E-state index < -0.39 is 17.3 Å². The first-order valence-electron chi connectivity index (χ1n) is 15.5.